The van der Waals surface area contributed by atoms with Crippen LogP contribution < -0.4 is 5.32 Å². The summed E-state index contributed by atoms with van der Waals surface area (Å²) in [6, 6.07) is 20.7. The van der Waals surface area contributed by atoms with Gasteiger partial charge < -0.3 is 5.32 Å². The molecule has 154 valence electrons. The largest absolute Gasteiger partial charge is 0.316 e. The minimum Gasteiger partial charge on any atom is -0.316 e. The highest BCUT2D eigenvalue weighted by molar-refractivity contribution is 7.16. The van der Waals surface area contributed by atoms with Gasteiger partial charge in [-0.3, -0.25) is 9.69 Å². The highest BCUT2D eigenvalue weighted by Crippen LogP contribution is 2.37. The van der Waals surface area contributed by atoms with Crippen LogP contribution in [-0.2, 0) is 30.7 Å². The van der Waals surface area contributed by atoms with Gasteiger partial charge in [-0.05, 0) is 30.0 Å². The van der Waals surface area contributed by atoms with Gasteiger partial charge in [0, 0.05) is 24.5 Å². The average molecular weight is 438 g/mol. The summed E-state index contributed by atoms with van der Waals surface area (Å²) in [6.45, 7) is 4.65. The Morgan fingerprint density at radius 2 is 1.93 bits per heavy atom. The lowest BCUT2D eigenvalue weighted by Crippen LogP contribution is -2.29. The lowest BCUT2D eigenvalue weighted by molar-refractivity contribution is -0.115. The third kappa shape index (κ3) is 5.09. The van der Waals surface area contributed by atoms with Crippen LogP contribution in [0.3, 0.4) is 0 Å². The molecule has 0 fully saturated rings. The third-order valence-electron chi connectivity index (χ3n) is 5.20. The molecule has 4 rings (SSSR count). The van der Waals surface area contributed by atoms with Crippen LogP contribution >= 0.6 is 23.7 Å². The van der Waals surface area contributed by atoms with Crippen LogP contribution in [0.1, 0.15) is 32.7 Å². The molecule has 1 aromatic heterocycles. The molecule has 2 aromatic carbocycles. The number of benzene rings is 2. The van der Waals surface area contributed by atoms with Crippen molar-refractivity contribution >= 4 is 34.7 Å². The van der Waals surface area contributed by atoms with Crippen molar-refractivity contribution in [3.8, 4) is 6.07 Å². The maximum atomic E-state index is 12.6. The van der Waals surface area contributed by atoms with Gasteiger partial charge in [-0.15, -0.1) is 23.7 Å². The predicted molar refractivity (Wildman–Crippen MR) is 124 cm³/mol. The molecule has 2 heterocycles. The zero-order valence-corrected chi connectivity index (χ0v) is 18.5. The Kier molecular flexibility index (Phi) is 7.28. The number of fused-ring (bicyclic) bond motifs is 1. The quantitative estimate of drug-likeness (QED) is 0.604. The molecule has 1 aliphatic heterocycles. The van der Waals surface area contributed by atoms with Crippen molar-refractivity contribution in [3.05, 3.63) is 87.3 Å². The number of rotatable bonds is 5. The summed E-state index contributed by atoms with van der Waals surface area (Å²) in [6.07, 6.45) is 1.16. The molecular weight excluding hydrogens is 414 g/mol. The maximum Gasteiger partial charge on any atom is 0.229 e. The van der Waals surface area contributed by atoms with E-state index in [-0.39, 0.29) is 18.3 Å². The maximum absolute atomic E-state index is 12.6. The zero-order valence-electron chi connectivity index (χ0n) is 16.9. The topological polar surface area (TPSA) is 56.1 Å². The first kappa shape index (κ1) is 22.0. The first-order chi connectivity index (χ1) is 14.1. The number of carbonyl (C=O) groups excluding carboxylic acids is 1. The molecule has 0 spiro atoms. The van der Waals surface area contributed by atoms with Crippen LogP contribution in [0.25, 0.3) is 0 Å². The molecule has 1 aliphatic rings. The second-order valence-electron chi connectivity index (χ2n) is 7.48. The number of nitriles is 1. The van der Waals surface area contributed by atoms with Gasteiger partial charge in [-0.2, -0.15) is 5.26 Å². The number of halogens is 1. The number of anilines is 1. The Morgan fingerprint density at radius 3 is 2.67 bits per heavy atom. The van der Waals surface area contributed by atoms with E-state index in [2.05, 4.69) is 40.6 Å². The van der Waals surface area contributed by atoms with Crippen molar-refractivity contribution < 1.29 is 4.79 Å². The molecule has 1 N–H and O–H groups in total. The average Bonchev–Trinajstić information content (AvgIpc) is 3.04. The Hall–Kier alpha value is -2.65. The molecule has 4 nitrogen and oxygen atoms in total. The van der Waals surface area contributed by atoms with Crippen molar-refractivity contribution in [1.29, 1.82) is 5.26 Å². The second kappa shape index (κ2) is 9.90. The molecule has 0 saturated carbocycles. The summed E-state index contributed by atoms with van der Waals surface area (Å²) in [5, 5.41) is 13.4. The van der Waals surface area contributed by atoms with Gasteiger partial charge >= 0.3 is 0 Å². The summed E-state index contributed by atoms with van der Waals surface area (Å²) in [5.41, 5.74) is 5.16. The van der Waals surface area contributed by atoms with Crippen LogP contribution in [0.2, 0.25) is 0 Å². The smallest absolute Gasteiger partial charge is 0.229 e. The summed E-state index contributed by atoms with van der Waals surface area (Å²) in [4.78, 5) is 16.1. The van der Waals surface area contributed by atoms with E-state index in [1.807, 2.05) is 37.3 Å². The van der Waals surface area contributed by atoms with Crippen molar-refractivity contribution in [2.45, 2.75) is 32.9 Å². The van der Waals surface area contributed by atoms with E-state index >= 15 is 0 Å². The van der Waals surface area contributed by atoms with Crippen molar-refractivity contribution in [3.63, 3.8) is 0 Å². The number of hydrogen-bond acceptors (Lipinski definition) is 4. The van der Waals surface area contributed by atoms with E-state index < -0.39 is 0 Å². The van der Waals surface area contributed by atoms with Crippen molar-refractivity contribution in [2.75, 3.05) is 11.9 Å². The van der Waals surface area contributed by atoms with Crippen LogP contribution in [-0.4, -0.2) is 17.4 Å². The van der Waals surface area contributed by atoms with E-state index in [1.165, 1.54) is 10.4 Å². The number of thiophene rings is 1. The van der Waals surface area contributed by atoms with Crippen molar-refractivity contribution in [1.82, 2.24) is 4.90 Å². The van der Waals surface area contributed by atoms with E-state index in [0.29, 0.717) is 17.0 Å². The van der Waals surface area contributed by atoms with Gasteiger partial charge in [0.1, 0.15) is 11.1 Å². The predicted octanol–water partition coefficient (Wildman–Crippen LogP) is 5.09. The number of nitrogens with zero attached hydrogens (tertiary/aromatic N) is 2. The minimum atomic E-state index is -0.0770. The number of aryl methyl sites for hydroxylation is 1. The standard InChI is InChI=1S/C24H23N3OS.ClH/c1-17-6-5-9-19(12-17)13-23(28)26-24-21(14-25)20-10-11-27(16-22(20)29-24)15-18-7-3-2-4-8-18;/h2-9,12H,10-11,13,15-16H2,1H3,(H,26,28);1H. The molecule has 0 saturated heterocycles. The van der Waals surface area contributed by atoms with Gasteiger partial charge in [0.2, 0.25) is 5.91 Å². The second-order valence-corrected chi connectivity index (χ2v) is 8.59. The summed E-state index contributed by atoms with van der Waals surface area (Å²) < 4.78 is 0. The Bertz CT molecular complexity index is 1070. The lowest BCUT2D eigenvalue weighted by atomic mass is 10.0. The van der Waals surface area contributed by atoms with E-state index in [1.54, 1.807) is 11.3 Å². The minimum absolute atomic E-state index is 0. The molecule has 0 atom stereocenters. The molecule has 0 unspecified atom stereocenters. The third-order valence-corrected chi connectivity index (χ3v) is 6.33. The van der Waals surface area contributed by atoms with Gasteiger partial charge in [0.15, 0.2) is 0 Å². The summed E-state index contributed by atoms with van der Waals surface area (Å²) in [7, 11) is 0. The number of amides is 1. The fraction of sp³-hybridized carbons (Fsp3) is 0.250. The Labute approximate surface area is 187 Å². The van der Waals surface area contributed by atoms with Crippen LogP contribution in [0.5, 0.6) is 0 Å². The van der Waals surface area contributed by atoms with Gasteiger partial charge in [0.25, 0.3) is 0 Å². The molecule has 0 bridgehead atoms. The zero-order chi connectivity index (χ0) is 20.2. The number of hydrogen-bond donors (Lipinski definition) is 1. The van der Waals surface area contributed by atoms with Crippen molar-refractivity contribution in [2.24, 2.45) is 0 Å². The fourth-order valence-corrected chi connectivity index (χ4v) is 5.07. The SMILES string of the molecule is Cc1cccc(CC(=O)Nc2sc3c(c2C#N)CCN(Cc2ccccc2)C3)c1.Cl. The van der Waals surface area contributed by atoms with E-state index in [0.717, 1.165) is 42.7 Å². The molecule has 0 aliphatic carbocycles. The van der Waals surface area contributed by atoms with Gasteiger partial charge in [-0.25, -0.2) is 0 Å². The highest BCUT2D eigenvalue weighted by atomic mass is 35.5. The first-order valence-corrected chi connectivity index (χ1v) is 10.6. The number of nitrogens with one attached hydrogen (secondary N) is 1. The normalized spacial score (nSPS) is 13.1. The molecule has 1 amide bonds. The van der Waals surface area contributed by atoms with Crippen LogP contribution in [0.4, 0.5) is 5.00 Å². The summed E-state index contributed by atoms with van der Waals surface area (Å²) in [5.74, 6) is -0.0770. The molecule has 3 aromatic rings. The molecule has 0 radical (unpaired) electrons. The number of carbonyl (C=O) groups is 1. The highest BCUT2D eigenvalue weighted by Gasteiger charge is 2.25. The Balaban J connectivity index is 0.00000256. The van der Waals surface area contributed by atoms with Gasteiger partial charge in [0.05, 0.1) is 12.0 Å². The Morgan fingerprint density at radius 1 is 1.17 bits per heavy atom. The molecule has 30 heavy (non-hydrogen) atoms. The fourth-order valence-electron chi connectivity index (χ4n) is 3.82. The van der Waals surface area contributed by atoms with Crippen LogP contribution in [0.15, 0.2) is 54.6 Å². The summed E-state index contributed by atoms with van der Waals surface area (Å²) >= 11 is 1.55. The van der Waals surface area contributed by atoms with Gasteiger partial charge in [-0.1, -0.05) is 60.2 Å². The lowest BCUT2D eigenvalue weighted by Gasteiger charge is -2.26. The van der Waals surface area contributed by atoms with E-state index in [9.17, 15) is 10.1 Å². The molecular formula is C24H24ClN3OS. The molecule has 6 heteroatoms. The monoisotopic (exact) mass is 437 g/mol. The van der Waals surface area contributed by atoms with Crippen LogP contribution in [0, 0.1) is 18.3 Å². The van der Waals surface area contributed by atoms with E-state index in [4.69, 9.17) is 0 Å². The first-order valence-electron chi connectivity index (χ1n) is 9.78.